The Bertz CT molecular complexity index is 1260. The van der Waals surface area contributed by atoms with Crippen LogP contribution in [0, 0.1) is 11.8 Å². The lowest BCUT2D eigenvalue weighted by Crippen LogP contribution is -2.67. The molecule has 4 aromatic rings. The highest BCUT2D eigenvalue weighted by atomic mass is 28.4. The molecule has 0 spiro atoms. The number of benzene rings is 4. The molecule has 38 heavy (non-hydrogen) atoms. The Morgan fingerprint density at radius 3 is 1.68 bits per heavy atom. The summed E-state index contributed by atoms with van der Waals surface area (Å²) >= 11 is 0. The average molecular weight is 519 g/mol. The Kier molecular flexibility index (Phi) is 9.37. The molecule has 3 heteroatoms. The molecule has 0 bridgehead atoms. The number of aryl methyl sites for hydroxylation is 1. The van der Waals surface area contributed by atoms with Crippen LogP contribution in [0.25, 0.3) is 0 Å². The predicted octanol–water partition coefficient (Wildman–Crippen LogP) is 6.37. The molecule has 2 nitrogen and oxygen atoms in total. The minimum atomic E-state index is -2.76. The quantitative estimate of drug-likeness (QED) is 0.206. The van der Waals surface area contributed by atoms with Gasteiger partial charge in [0.25, 0.3) is 8.32 Å². The van der Waals surface area contributed by atoms with Gasteiger partial charge in [0.1, 0.15) is 6.10 Å². The van der Waals surface area contributed by atoms with Crippen LogP contribution < -0.4 is 10.4 Å². The van der Waals surface area contributed by atoms with Crippen molar-refractivity contribution in [2.45, 2.75) is 57.3 Å². The van der Waals surface area contributed by atoms with E-state index in [0.717, 1.165) is 18.4 Å². The largest absolute Gasteiger partial charge is 0.404 e. The van der Waals surface area contributed by atoms with E-state index in [0.29, 0.717) is 6.42 Å². The van der Waals surface area contributed by atoms with Crippen molar-refractivity contribution in [3.05, 3.63) is 132 Å². The fraction of sp³-hybridized carbons (Fsp3) is 0.257. The molecule has 4 rings (SSSR count). The van der Waals surface area contributed by atoms with Crippen LogP contribution in [0.3, 0.4) is 0 Å². The molecule has 0 aliphatic heterocycles. The van der Waals surface area contributed by atoms with E-state index in [2.05, 4.69) is 118 Å². The van der Waals surface area contributed by atoms with Crippen LogP contribution in [0.4, 0.5) is 0 Å². The summed E-state index contributed by atoms with van der Waals surface area (Å²) in [5.41, 5.74) is 2.17. The van der Waals surface area contributed by atoms with Crippen molar-refractivity contribution < 1.29 is 9.53 Å². The Morgan fingerprint density at radius 1 is 0.711 bits per heavy atom. The minimum absolute atomic E-state index is 0.138. The van der Waals surface area contributed by atoms with Crippen LogP contribution >= 0.6 is 0 Å². The van der Waals surface area contributed by atoms with Crippen LogP contribution in [-0.2, 0) is 10.8 Å². The van der Waals surface area contributed by atoms with Gasteiger partial charge in [-0.1, -0.05) is 142 Å². The molecule has 0 aromatic heterocycles. The standard InChI is InChI=1S/C35H38O2Si/c1-35(2,3)38(33-20-12-6-13-21-33,34-22-14-7-15-23-34)37-32(27-25-30-18-10-5-11-19-30)28-31(36)26-24-29-16-8-4-9-17-29/h4-23,31-32,36H,25,27-28H2,1-3H3/t31-,32-/m0/s1. The highest BCUT2D eigenvalue weighted by Crippen LogP contribution is 2.38. The second-order valence-corrected chi connectivity index (χ2v) is 15.1. The molecule has 0 saturated carbocycles. The third-order valence-corrected chi connectivity index (χ3v) is 12.1. The van der Waals surface area contributed by atoms with Gasteiger partial charge in [-0.25, -0.2) is 0 Å². The lowest BCUT2D eigenvalue weighted by atomic mass is 10.0. The first kappa shape index (κ1) is 27.6. The van der Waals surface area contributed by atoms with Gasteiger partial charge in [0.2, 0.25) is 0 Å². The van der Waals surface area contributed by atoms with E-state index in [1.165, 1.54) is 15.9 Å². The second-order valence-electron chi connectivity index (χ2n) is 10.8. The molecule has 0 amide bonds. The van der Waals surface area contributed by atoms with Gasteiger partial charge >= 0.3 is 0 Å². The first-order valence-electron chi connectivity index (χ1n) is 13.5. The molecule has 2 atom stereocenters. The summed E-state index contributed by atoms with van der Waals surface area (Å²) in [5, 5.41) is 13.4. The molecule has 0 unspecified atom stereocenters. The Hall–Kier alpha value is -3.42. The molecule has 0 radical (unpaired) electrons. The van der Waals surface area contributed by atoms with Crippen LogP contribution in [0.2, 0.25) is 5.04 Å². The van der Waals surface area contributed by atoms with Crippen molar-refractivity contribution in [1.82, 2.24) is 0 Å². The zero-order chi connectivity index (χ0) is 26.8. The summed E-state index contributed by atoms with van der Waals surface area (Å²) in [4.78, 5) is 0. The van der Waals surface area contributed by atoms with E-state index in [-0.39, 0.29) is 11.1 Å². The van der Waals surface area contributed by atoms with Gasteiger partial charge < -0.3 is 9.53 Å². The first-order chi connectivity index (χ1) is 18.4. The third-order valence-electron chi connectivity index (χ3n) is 7.00. The van der Waals surface area contributed by atoms with Crippen molar-refractivity contribution in [3.8, 4) is 11.8 Å². The van der Waals surface area contributed by atoms with Crippen molar-refractivity contribution in [2.75, 3.05) is 0 Å². The van der Waals surface area contributed by atoms with Gasteiger partial charge in [0.15, 0.2) is 0 Å². The second kappa shape index (κ2) is 12.9. The maximum absolute atomic E-state index is 11.1. The van der Waals surface area contributed by atoms with E-state index in [9.17, 15) is 5.11 Å². The van der Waals surface area contributed by atoms with Gasteiger partial charge in [-0.05, 0) is 45.9 Å². The van der Waals surface area contributed by atoms with E-state index in [1.54, 1.807) is 0 Å². The monoisotopic (exact) mass is 518 g/mol. The van der Waals surface area contributed by atoms with E-state index >= 15 is 0 Å². The Morgan fingerprint density at radius 2 is 1.18 bits per heavy atom. The summed E-state index contributed by atoms with van der Waals surface area (Å²) in [6, 6.07) is 41.7. The van der Waals surface area contributed by atoms with Crippen LogP contribution in [0.1, 0.15) is 44.7 Å². The highest BCUT2D eigenvalue weighted by molar-refractivity contribution is 6.99. The third kappa shape index (κ3) is 6.91. The first-order valence-corrected chi connectivity index (χ1v) is 15.4. The Balaban J connectivity index is 1.71. The van der Waals surface area contributed by atoms with Gasteiger partial charge in [0, 0.05) is 18.1 Å². The van der Waals surface area contributed by atoms with E-state index in [1.807, 2.05) is 36.4 Å². The predicted molar refractivity (Wildman–Crippen MR) is 161 cm³/mol. The summed E-state index contributed by atoms with van der Waals surface area (Å²) in [7, 11) is -2.76. The molecule has 4 aromatic carbocycles. The lowest BCUT2D eigenvalue weighted by Gasteiger charge is -2.45. The van der Waals surface area contributed by atoms with Crippen LogP contribution in [0.5, 0.6) is 0 Å². The number of hydrogen-bond acceptors (Lipinski definition) is 2. The molecule has 0 saturated heterocycles. The number of aliphatic hydroxyl groups is 1. The van der Waals surface area contributed by atoms with Crippen molar-refractivity contribution >= 4 is 18.7 Å². The van der Waals surface area contributed by atoms with Crippen molar-refractivity contribution in [2.24, 2.45) is 0 Å². The summed E-state index contributed by atoms with van der Waals surface area (Å²) in [6.45, 7) is 6.87. The van der Waals surface area contributed by atoms with Gasteiger partial charge in [-0.15, -0.1) is 0 Å². The zero-order valence-electron chi connectivity index (χ0n) is 22.7. The average Bonchev–Trinajstić information content (AvgIpc) is 2.95. The molecule has 0 fully saturated rings. The van der Waals surface area contributed by atoms with Crippen molar-refractivity contribution in [1.29, 1.82) is 0 Å². The molecule has 0 heterocycles. The fourth-order valence-electron chi connectivity index (χ4n) is 5.13. The summed E-state index contributed by atoms with van der Waals surface area (Å²) in [5.74, 6) is 6.21. The van der Waals surface area contributed by atoms with E-state index in [4.69, 9.17) is 4.43 Å². The van der Waals surface area contributed by atoms with Gasteiger partial charge in [0.05, 0.1) is 0 Å². The molecule has 0 aliphatic rings. The maximum Gasteiger partial charge on any atom is 0.261 e. The van der Waals surface area contributed by atoms with Gasteiger partial charge in [-0.2, -0.15) is 0 Å². The Labute approximate surface area is 229 Å². The molecular formula is C35H38O2Si. The lowest BCUT2D eigenvalue weighted by molar-refractivity contribution is 0.112. The van der Waals surface area contributed by atoms with Crippen molar-refractivity contribution in [3.63, 3.8) is 0 Å². The molecular weight excluding hydrogens is 480 g/mol. The summed E-state index contributed by atoms with van der Waals surface area (Å²) in [6.07, 6.45) is 1.19. The number of rotatable bonds is 9. The number of aliphatic hydroxyl groups excluding tert-OH is 1. The molecule has 194 valence electrons. The van der Waals surface area contributed by atoms with Crippen LogP contribution in [-0.4, -0.2) is 25.6 Å². The fourth-order valence-corrected chi connectivity index (χ4v) is 9.86. The van der Waals surface area contributed by atoms with Crippen LogP contribution in [0.15, 0.2) is 121 Å². The topological polar surface area (TPSA) is 29.5 Å². The molecule has 0 aliphatic carbocycles. The minimum Gasteiger partial charge on any atom is -0.404 e. The van der Waals surface area contributed by atoms with Gasteiger partial charge in [-0.3, -0.25) is 0 Å². The van der Waals surface area contributed by atoms with E-state index < -0.39 is 14.4 Å². The number of hydrogen-bond donors (Lipinski definition) is 1. The SMILES string of the molecule is CC(C)(C)[Si](O[C@@H](CCc1ccccc1)C[C@@H](O)C#Cc1ccccc1)(c1ccccc1)c1ccccc1. The maximum atomic E-state index is 11.1. The molecule has 1 N–H and O–H groups in total. The summed E-state index contributed by atoms with van der Waals surface area (Å²) < 4.78 is 7.43. The normalized spacial score (nSPS) is 13.3. The zero-order valence-corrected chi connectivity index (χ0v) is 23.7. The highest BCUT2D eigenvalue weighted by Gasteiger charge is 2.51. The smallest absolute Gasteiger partial charge is 0.261 e.